The van der Waals surface area contributed by atoms with Crippen molar-refractivity contribution in [3.05, 3.63) is 83.1 Å². The molecule has 2 aromatic rings. The number of ether oxygens (including phenoxy) is 1. The van der Waals surface area contributed by atoms with Gasteiger partial charge in [-0.15, -0.1) is 0 Å². The van der Waals surface area contributed by atoms with Crippen LogP contribution in [0.1, 0.15) is 18.4 Å². The molecular formula is C24H26N4OS. The van der Waals surface area contributed by atoms with Crippen molar-refractivity contribution in [2.24, 2.45) is 5.10 Å². The maximum Gasteiger partial charge on any atom is 0.191 e. The molecule has 1 aliphatic carbocycles. The van der Waals surface area contributed by atoms with Gasteiger partial charge in [-0.05, 0) is 60.0 Å². The highest BCUT2D eigenvalue weighted by molar-refractivity contribution is 7.80. The lowest BCUT2D eigenvalue weighted by molar-refractivity contribution is 0.0548. The molecule has 1 heterocycles. The van der Waals surface area contributed by atoms with E-state index in [1.807, 2.05) is 42.6 Å². The molecule has 2 aromatic carbocycles. The van der Waals surface area contributed by atoms with Gasteiger partial charge in [0.25, 0.3) is 0 Å². The first kappa shape index (κ1) is 20.3. The van der Waals surface area contributed by atoms with Crippen LogP contribution >= 0.6 is 12.2 Å². The van der Waals surface area contributed by atoms with Gasteiger partial charge < -0.3 is 15.0 Å². The molecule has 0 bridgehead atoms. The number of hydrogen-bond donors (Lipinski definition) is 2. The van der Waals surface area contributed by atoms with Gasteiger partial charge in [0.1, 0.15) is 0 Å². The number of morpholine rings is 1. The van der Waals surface area contributed by atoms with Crippen LogP contribution in [0, 0.1) is 0 Å². The molecular weight excluding hydrogens is 392 g/mol. The summed E-state index contributed by atoms with van der Waals surface area (Å²) in [7, 11) is 0. The van der Waals surface area contributed by atoms with Crippen LogP contribution in [0.4, 0.5) is 5.69 Å². The molecule has 4 rings (SSSR count). The minimum absolute atomic E-state index is 0.476. The smallest absolute Gasteiger partial charge is 0.191 e. The highest BCUT2D eigenvalue weighted by Gasteiger charge is 2.25. The molecule has 6 heteroatoms. The summed E-state index contributed by atoms with van der Waals surface area (Å²) >= 11 is 5.35. The minimum Gasteiger partial charge on any atom is -0.378 e. The quantitative estimate of drug-likeness (QED) is 0.428. The average molecular weight is 419 g/mol. The first-order valence-corrected chi connectivity index (χ1v) is 10.7. The summed E-state index contributed by atoms with van der Waals surface area (Å²) in [4.78, 5) is 2.42. The maximum atomic E-state index is 5.56. The Morgan fingerprint density at radius 1 is 0.967 bits per heavy atom. The fourth-order valence-corrected chi connectivity index (χ4v) is 3.94. The van der Waals surface area contributed by atoms with Crippen molar-refractivity contribution in [2.75, 3.05) is 31.6 Å². The normalized spacial score (nSPS) is 18.3. The molecule has 0 radical (unpaired) electrons. The molecule has 1 aliphatic heterocycles. The van der Waals surface area contributed by atoms with Gasteiger partial charge in [-0.25, -0.2) is 0 Å². The summed E-state index contributed by atoms with van der Waals surface area (Å²) < 4.78 is 5.56. The van der Waals surface area contributed by atoms with Crippen LogP contribution in [0.5, 0.6) is 0 Å². The topological polar surface area (TPSA) is 48.9 Å². The standard InChI is InChI=1S/C24H26N4OS/c30-24(26-22-9-5-2-6-10-22)27-25-18-21-12-11-20(17-19-7-3-1-4-8-19)23(21)28-13-15-29-16-14-28/h1-10,17-18H,11-16H2,(H2,26,27,30)/b20-17+,25-18-. The minimum atomic E-state index is 0.476. The van der Waals surface area contributed by atoms with Crippen molar-refractivity contribution in [3.8, 4) is 0 Å². The molecule has 1 fully saturated rings. The zero-order valence-electron chi connectivity index (χ0n) is 16.9. The SMILES string of the molecule is S=C(N/N=C\C1=C(N2CCOCC2)C(=C/c2ccccc2)/CC1)Nc1ccccc1. The van der Waals surface area contributed by atoms with Crippen LogP contribution in [-0.2, 0) is 4.74 Å². The van der Waals surface area contributed by atoms with E-state index in [0.717, 1.165) is 44.8 Å². The van der Waals surface area contributed by atoms with Crippen LogP contribution < -0.4 is 10.7 Å². The molecule has 30 heavy (non-hydrogen) atoms. The third kappa shape index (κ3) is 5.34. The van der Waals surface area contributed by atoms with Gasteiger partial charge in [0.15, 0.2) is 5.11 Å². The zero-order valence-corrected chi connectivity index (χ0v) is 17.7. The van der Waals surface area contributed by atoms with Crippen LogP contribution in [0.15, 0.2) is 82.6 Å². The van der Waals surface area contributed by atoms with E-state index in [1.54, 1.807) is 0 Å². The number of nitrogens with one attached hydrogen (secondary N) is 2. The number of hydrazone groups is 1. The van der Waals surface area contributed by atoms with Gasteiger partial charge in [0, 0.05) is 24.5 Å². The van der Waals surface area contributed by atoms with Crippen molar-refractivity contribution in [2.45, 2.75) is 12.8 Å². The van der Waals surface area contributed by atoms with Gasteiger partial charge in [0.05, 0.1) is 19.4 Å². The van der Waals surface area contributed by atoms with Crippen molar-refractivity contribution in [1.29, 1.82) is 0 Å². The third-order valence-electron chi connectivity index (χ3n) is 5.16. The second kappa shape index (κ2) is 10.2. The molecule has 0 saturated carbocycles. The van der Waals surface area contributed by atoms with Gasteiger partial charge in [-0.1, -0.05) is 48.5 Å². The first-order chi connectivity index (χ1) is 14.8. The van der Waals surface area contributed by atoms with Gasteiger partial charge in [-0.2, -0.15) is 5.10 Å². The van der Waals surface area contributed by atoms with E-state index in [9.17, 15) is 0 Å². The van der Waals surface area contributed by atoms with E-state index in [4.69, 9.17) is 17.0 Å². The predicted molar refractivity (Wildman–Crippen MR) is 127 cm³/mol. The Labute approximate surface area is 183 Å². The fraction of sp³-hybridized carbons (Fsp3) is 0.250. The lowest BCUT2D eigenvalue weighted by atomic mass is 10.1. The Morgan fingerprint density at radius 2 is 1.67 bits per heavy atom. The highest BCUT2D eigenvalue weighted by Crippen LogP contribution is 2.34. The second-order valence-electron chi connectivity index (χ2n) is 7.24. The molecule has 0 spiro atoms. The van der Waals surface area contributed by atoms with Crippen LogP contribution in [0.3, 0.4) is 0 Å². The summed E-state index contributed by atoms with van der Waals surface area (Å²) in [6, 6.07) is 20.3. The van der Waals surface area contributed by atoms with Gasteiger partial charge >= 0.3 is 0 Å². The lowest BCUT2D eigenvalue weighted by Crippen LogP contribution is -2.36. The van der Waals surface area contributed by atoms with Crippen LogP contribution in [0.25, 0.3) is 6.08 Å². The second-order valence-corrected chi connectivity index (χ2v) is 7.65. The molecule has 5 nitrogen and oxygen atoms in total. The number of nitrogens with zero attached hydrogens (tertiary/aromatic N) is 2. The molecule has 0 aromatic heterocycles. The summed E-state index contributed by atoms with van der Waals surface area (Å²) in [5.74, 6) is 0. The van der Waals surface area contributed by atoms with Gasteiger partial charge in [-0.3, -0.25) is 5.43 Å². The van der Waals surface area contributed by atoms with E-state index < -0.39 is 0 Å². The van der Waals surface area contributed by atoms with Crippen LogP contribution in [0.2, 0.25) is 0 Å². The van der Waals surface area contributed by atoms with Crippen molar-refractivity contribution in [3.63, 3.8) is 0 Å². The molecule has 0 amide bonds. The molecule has 0 unspecified atom stereocenters. The average Bonchev–Trinajstić information content (AvgIpc) is 3.18. The molecule has 154 valence electrons. The predicted octanol–water partition coefficient (Wildman–Crippen LogP) is 4.42. The summed E-state index contributed by atoms with van der Waals surface area (Å²) in [5.41, 5.74) is 8.97. The summed E-state index contributed by atoms with van der Waals surface area (Å²) in [6.45, 7) is 3.33. The number of benzene rings is 2. The van der Waals surface area contributed by atoms with Gasteiger partial charge in [0.2, 0.25) is 0 Å². The molecule has 1 saturated heterocycles. The Balaban J connectivity index is 1.50. The Bertz CT molecular complexity index is 948. The van der Waals surface area contributed by atoms with E-state index in [-0.39, 0.29) is 0 Å². The van der Waals surface area contributed by atoms with Crippen molar-refractivity contribution in [1.82, 2.24) is 10.3 Å². The third-order valence-corrected chi connectivity index (χ3v) is 5.35. The van der Waals surface area contributed by atoms with Crippen LogP contribution in [-0.4, -0.2) is 42.5 Å². The highest BCUT2D eigenvalue weighted by atomic mass is 32.1. The zero-order chi connectivity index (χ0) is 20.6. The van der Waals surface area contributed by atoms with E-state index in [0.29, 0.717) is 5.11 Å². The number of thiocarbonyl (C=S) groups is 1. The maximum absolute atomic E-state index is 5.56. The number of para-hydroxylation sites is 1. The Morgan fingerprint density at radius 3 is 2.40 bits per heavy atom. The fourth-order valence-electron chi connectivity index (χ4n) is 3.77. The first-order valence-electron chi connectivity index (χ1n) is 10.3. The number of allylic oxidation sites excluding steroid dienone is 2. The summed E-state index contributed by atoms with van der Waals surface area (Å²) in [5, 5.41) is 8.03. The van der Waals surface area contributed by atoms with Crippen molar-refractivity contribution >= 4 is 35.3 Å². The molecule has 2 N–H and O–H groups in total. The van der Waals surface area contributed by atoms with E-state index in [2.05, 4.69) is 51.1 Å². The lowest BCUT2D eigenvalue weighted by Gasteiger charge is -2.31. The largest absolute Gasteiger partial charge is 0.378 e. The summed E-state index contributed by atoms with van der Waals surface area (Å²) in [6.07, 6.45) is 6.18. The molecule has 0 atom stereocenters. The Kier molecular flexibility index (Phi) is 6.90. The van der Waals surface area contributed by atoms with E-state index in [1.165, 1.54) is 22.4 Å². The molecule has 2 aliphatic rings. The number of anilines is 1. The number of hydrogen-bond acceptors (Lipinski definition) is 4. The number of rotatable bonds is 5. The van der Waals surface area contributed by atoms with E-state index >= 15 is 0 Å². The monoisotopic (exact) mass is 418 g/mol. The van der Waals surface area contributed by atoms with Crippen molar-refractivity contribution < 1.29 is 4.74 Å². The Hall–Kier alpha value is -2.96.